The highest BCUT2D eigenvalue weighted by molar-refractivity contribution is 7.79. The number of carbonyl (C=O) groups is 2. The summed E-state index contributed by atoms with van der Waals surface area (Å²) in [7, 11) is -4.67. The van der Waals surface area contributed by atoms with Crippen molar-refractivity contribution in [3.05, 3.63) is 0 Å². The van der Waals surface area contributed by atoms with E-state index in [9.17, 15) is 0 Å². The Labute approximate surface area is 60.7 Å². The zero-order chi connectivity index (χ0) is 9.65. The van der Waals surface area contributed by atoms with E-state index in [0.29, 0.717) is 0 Å². The van der Waals surface area contributed by atoms with Gasteiger partial charge in [0.05, 0.1) is 0 Å². The molecule has 0 aliphatic rings. The molecule has 0 radical (unpaired) electrons. The van der Waals surface area contributed by atoms with E-state index < -0.39 is 22.3 Å². The third-order valence-corrected chi connectivity index (χ3v) is 0.183. The van der Waals surface area contributed by atoms with Crippen molar-refractivity contribution in [3.8, 4) is 0 Å². The van der Waals surface area contributed by atoms with Gasteiger partial charge in [0.2, 0.25) is 0 Å². The third kappa shape index (κ3) is 51.7. The average Bonchev–Trinajstić information content (AvgIpc) is 1.59. The van der Waals surface area contributed by atoms with Gasteiger partial charge in [-0.2, -0.15) is 8.42 Å². The number of carboxylic acid groups (broad SMARTS) is 2. The molecule has 0 saturated carbocycles. The van der Waals surface area contributed by atoms with Crippen molar-refractivity contribution in [2.24, 2.45) is 0 Å². The molecule has 0 aliphatic carbocycles. The van der Waals surface area contributed by atoms with Gasteiger partial charge in [-0.15, -0.1) is 0 Å². The molecule has 66 valence electrons. The van der Waals surface area contributed by atoms with Gasteiger partial charge in [-0.1, -0.05) is 0 Å². The van der Waals surface area contributed by atoms with Crippen molar-refractivity contribution in [2.45, 2.75) is 0 Å². The summed E-state index contributed by atoms with van der Waals surface area (Å²) in [5.41, 5.74) is 0. The van der Waals surface area contributed by atoms with Crippen LogP contribution in [0.1, 0.15) is 0 Å². The Morgan fingerprint density at radius 2 is 1.00 bits per heavy atom. The molecule has 0 rings (SSSR count). The smallest absolute Gasteiger partial charge is 0.414 e. The zero-order valence-corrected chi connectivity index (χ0v) is 5.65. The minimum Gasteiger partial charge on any atom is -0.473 e. The number of hydrogen-bond acceptors (Lipinski definition) is 4. The van der Waals surface area contributed by atoms with Gasteiger partial charge < -0.3 is 10.2 Å². The fraction of sp³-hybridized carbons (Fsp3) is 0. The molecule has 0 amide bonds. The van der Waals surface area contributed by atoms with E-state index >= 15 is 0 Å². The van der Waals surface area contributed by atoms with Gasteiger partial charge >= 0.3 is 22.3 Å². The van der Waals surface area contributed by atoms with Crippen LogP contribution in [0.4, 0.5) is 0 Å². The lowest BCUT2D eigenvalue weighted by molar-refractivity contribution is -0.159. The summed E-state index contributed by atoms with van der Waals surface area (Å²) in [6.45, 7) is 0. The minimum atomic E-state index is -4.67. The molecule has 0 aromatic carbocycles. The molecular weight excluding hydrogens is 184 g/mol. The second kappa shape index (κ2) is 4.60. The monoisotopic (exact) mass is 188 g/mol. The summed E-state index contributed by atoms with van der Waals surface area (Å²) in [4.78, 5) is 18.2. The predicted molar refractivity (Wildman–Crippen MR) is 29.4 cm³/mol. The van der Waals surface area contributed by atoms with Gasteiger partial charge in [0.1, 0.15) is 0 Å². The van der Waals surface area contributed by atoms with Gasteiger partial charge in [0, 0.05) is 0 Å². The topological polar surface area (TPSA) is 149 Å². The second-order valence-corrected chi connectivity index (χ2v) is 1.95. The molecule has 4 N–H and O–H groups in total. The van der Waals surface area contributed by atoms with E-state index in [2.05, 4.69) is 0 Å². The molecule has 0 saturated heterocycles. The normalized spacial score (nSPS) is 9.27. The van der Waals surface area contributed by atoms with Gasteiger partial charge in [-0.3, -0.25) is 9.11 Å². The second-order valence-electron chi connectivity index (χ2n) is 1.06. The first-order valence-electron chi connectivity index (χ1n) is 1.80. The number of rotatable bonds is 0. The van der Waals surface area contributed by atoms with Crippen molar-refractivity contribution < 1.29 is 37.3 Å². The van der Waals surface area contributed by atoms with Crippen LogP contribution in [0.5, 0.6) is 0 Å². The minimum absolute atomic E-state index is 1.82. The fourth-order valence-corrected chi connectivity index (χ4v) is 0. The quantitative estimate of drug-likeness (QED) is 0.265. The van der Waals surface area contributed by atoms with E-state index in [-0.39, 0.29) is 0 Å². The summed E-state index contributed by atoms with van der Waals surface area (Å²) in [5.74, 6) is -3.65. The summed E-state index contributed by atoms with van der Waals surface area (Å²) in [5, 5.41) is 14.8. The molecule has 0 unspecified atom stereocenters. The Kier molecular flexibility index (Phi) is 5.22. The van der Waals surface area contributed by atoms with Crippen LogP contribution < -0.4 is 0 Å². The van der Waals surface area contributed by atoms with Crippen molar-refractivity contribution in [1.29, 1.82) is 0 Å². The predicted octanol–water partition coefficient (Wildman–Crippen LogP) is -1.50. The first-order chi connectivity index (χ1) is 4.64. The highest BCUT2D eigenvalue weighted by atomic mass is 32.3. The average molecular weight is 188 g/mol. The molecule has 0 atom stereocenters. The van der Waals surface area contributed by atoms with Crippen molar-refractivity contribution >= 4 is 22.3 Å². The van der Waals surface area contributed by atoms with Crippen molar-refractivity contribution in [1.82, 2.24) is 0 Å². The highest BCUT2D eigenvalue weighted by Gasteiger charge is 2.04. The first kappa shape index (κ1) is 12.5. The van der Waals surface area contributed by atoms with E-state index in [1.807, 2.05) is 0 Å². The van der Waals surface area contributed by atoms with Gasteiger partial charge in [0.15, 0.2) is 0 Å². The molecule has 0 aromatic heterocycles. The maximum Gasteiger partial charge on any atom is 0.414 e. The molecule has 9 heteroatoms. The molecule has 0 fully saturated rings. The lowest BCUT2D eigenvalue weighted by Crippen LogP contribution is -2.09. The van der Waals surface area contributed by atoms with Crippen LogP contribution in [0, 0.1) is 0 Å². The lowest BCUT2D eigenvalue weighted by Gasteiger charge is -1.72. The molecule has 0 aromatic rings. The SMILES string of the molecule is O=C(O)C(=O)O.O=S(=O)(O)O. The molecule has 0 spiro atoms. The Bertz CT molecular complexity index is 215. The van der Waals surface area contributed by atoms with E-state index in [0.717, 1.165) is 0 Å². The third-order valence-electron chi connectivity index (χ3n) is 0.183. The molecule has 8 nitrogen and oxygen atoms in total. The highest BCUT2D eigenvalue weighted by Crippen LogP contribution is 1.59. The van der Waals surface area contributed by atoms with Crippen LogP contribution in [0.2, 0.25) is 0 Å². The van der Waals surface area contributed by atoms with E-state index in [4.69, 9.17) is 37.3 Å². The Balaban J connectivity index is 0. The lowest BCUT2D eigenvalue weighted by atomic mass is 10.7. The molecule has 11 heavy (non-hydrogen) atoms. The Hall–Kier alpha value is -1.19. The van der Waals surface area contributed by atoms with E-state index in [1.54, 1.807) is 0 Å². The van der Waals surface area contributed by atoms with E-state index in [1.165, 1.54) is 0 Å². The number of aliphatic carboxylic acids is 2. The standard InChI is InChI=1S/C2H2O4.H2O4S/c3-1(4)2(5)6;1-5(2,3)4/h(H,3,4)(H,5,6);(H2,1,2,3,4). The maximum atomic E-state index is 9.10. The number of carboxylic acids is 2. The summed E-state index contributed by atoms with van der Waals surface area (Å²) >= 11 is 0. The molecule has 0 bridgehead atoms. The van der Waals surface area contributed by atoms with Crippen LogP contribution in [-0.2, 0) is 20.0 Å². The van der Waals surface area contributed by atoms with Crippen LogP contribution in [0.25, 0.3) is 0 Å². The van der Waals surface area contributed by atoms with Crippen LogP contribution >= 0.6 is 0 Å². The molecule has 0 heterocycles. The maximum absolute atomic E-state index is 9.10. The molecular formula is C2H4O8S. The van der Waals surface area contributed by atoms with Crippen LogP contribution in [0.3, 0.4) is 0 Å². The van der Waals surface area contributed by atoms with Crippen molar-refractivity contribution in [3.63, 3.8) is 0 Å². The van der Waals surface area contributed by atoms with Crippen LogP contribution in [0.15, 0.2) is 0 Å². The Morgan fingerprint density at radius 1 is 0.909 bits per heavy atom. The number of hydrogen-bond donors (Lipinski definition) is 4. The first-order valence-corrected chi connectivity index (χ1v) is 3.20. The summed E-state index contributed by atoms with van der Waals surface area (Å²) in [6, 6.07) is 0. The summed E-state index contributed by atoms with van der Waals surface area (Å²) < 4.78 is 31.6. The van der Waals surface area contributed by atoms with Gasteiger partial charge in [0.25, 0.3) is 0 Å². The van der Waals surface area contributed by atoms with Crippen molar-refractivity contribution in [2.75, 3.05) is 0 Å². The Morgan fingerprint density at radius 3 is 1.00 bits per heavy atom. The van der Waals surface area contributed by atoms with Gasteiger partial charge in [-0.25, -0.2) is 9.59 Å². The zero-order valence-electron chi connectivity index (χ0n) is 4.83. The molecule has 0 aliphatic heterocycles. The van der Waals surface area contributed by atoms with Crippen LogP contribution in [-0.4, -0.2) is 39.7 Å². The van der Waals surface area contributed by atoms with Gasteiger partial charge in [-0.05, 0) is 0 Å². The fourth-order valence-electron chi connectivity index (χ4n) is 0. The summed E-state index contributed by atoms with van der Waals surface area (Å²) in [6.07, 6.45) is 0. The largest absolute Gasteiger partial charge is 0.473 e.